The van der Waals surface area contributed by atoms with Crippen LogP contribution in [0, 0.1) is 26.7 Å². The van der Waals surface area contributed by atoms with Crippen LogP contribution in [-0.4, -0.2) is 45.3 Å². The summed E-state index contributed by atoms with van der Waals surface area (Å²) in [6, 6.07) is 5.89. The van der Waals surface area contributed by atoms with E-state index in [9.17, 15) is 9.59 Å². The molecule has 5 heterocycles. The van der Waals surface area contributed by atoms with Gasteiger partial charge in [0.1, 0.15) is 0 Å². The van der Waals surface area contributed by atoms with Gasteiger partial charge in [0.2, 0.25) is 0 Å². The molecule has 8 heteroatoms. The van der Waals surface area contributed by atoms with Crippen molar-refractivity contribution >= 4 is 28.8 Å². The lowest BCUT2D eigenvalue weighted by atomic mass is 9.91. The predicted octanol–water partition coefficient (Wildman–Crippen LogP) is 5.45. The topological polar surface area (TPSA) is 69.3 Å². The summed E-state index contributed by atoms with van der Waals surface area (Å²) in [5.74, 6) is 0.715. The molecule has 0 aromatic carbocycles. The van der Waals surface area contributed by atoms with E-state index < -0.39 is 0 Å². The highest BCUT2D eigenvalue weighted by Crippen LogP contribution is 2.36. The molecular formula is C29H35ClN4O2S. The summed E-state index contributed by atoms with van der Waals surface area (Å²) >= 11 is 7.81. The van der Waals surface area contributed by atoms with Crippen molar-refractivity contribution in [2.24, 2.45) is 5.92 Å². The number of H-pyrrole nitrogens is 1. The van der Waals surface area contributed by atoms with Crippen molar-refractivity contribution in [3.05, 3.63) is 83.2 Å². The van der Waals surface area contributed by atoms with E-state index in [2.05, 4.69) is 21.8 Å². The Morgan fingerprint density at radius 3 is 2.59 bits per heavy atom. The Balaban J connectivity index is 1.25. The quantitative estimate of drug-likeness (QED) is 0.453. The number of carbonyl (C=O) groups excluding carboxylic acids is 1. The molecule has 0 unspecified atom stereocenters. The van der Waals surface area contributed by atoms with Gasteiger partial charge in [0, 0.05) is 40.3 Å². The SMILES string of the molecule is Cc1cc(C)c(CN2CCCc3sc(CC4CCN(Cc5ccc(Cl)cn5)CC4)c(C)c3C2=O)c(=O)[nH]1. The zero-order chi connectivity index (χ0) is 26.1. The highest BCUT2D eigenvalue weighted by Gasteiger charge is 2.30. The van der Waals surface area contributed by atoms with E-state index in [1.54, 1.807) is 6.20 Å². The number of aromatic amines is 1. The van der Waals surface area contributed by atoms with Crippen LogP contribution >= 0.6 is 22.9 Å². The molecule has 0 atom stereocenters. The van der Waals surface area contributed by atoms with E-state index in [0.29, 0.717) is 29.6 Å². The molecule has 3 aromatic heterocycles. The lowest BCUT2D eigenvalue weighted by molar-refractivity contribution is 0.0747. The number of halogens is 1. The number of carbonyl (C=O) groups is 1. The predicted molar refractivity (Wildman–Crippen MR) is 150 cm³/mol. The van der Waals surface area contributed by atoms with Gasteiger partial charge < -0.3 is 9.88 Å². The van der Waals surface area contributed by atoms with E-state index in [1.165, 1.54) is 9.75 Å². The van der Waals surface area contributed by atoms with Gasteiger partial charge in [-0.15, -0.1) is 11.3 Å². The summed E-state index contributed by atoms with van der Waals surface area (Å²) in [5.41, 5.74) is 5.50. The van der Waals surface area contributed by atoms with E-state index in [0.717, 1.165) is 79.8 Å². The molecule has 6 nitrogen and oxygen atoms in total. The van der Waals surface area contributed by atoms with Crippen molar-refractivity contribution in [1.82, 2.24) is 19.8 Å². The molecule has 0 saturated carbocycles. The Morgan fingerprint density at radius 2 is 1.89 bits per heavy atom. The summed E-state index contributed by atoms with van der Waals surface area (Å²) in [5, 5.41) is 0.674. The number of hydrogen-bond donors (Lipinski definition) is 1. The first-order valence-corrected chi connectivity index (χ1v) is 14.4. The minimum absolute atomic E-state index is 0.0807. The summed E-state index contributed by atoms with van der Waals surface area (Å²) in [6.45, 7) is 10.0. The second-order valence-electron chi connectivity index (χ2n) is 10.6. The van der Waals surface area contributed by atoms with Crippen molar-refractivity contribution in [1.29, 1.82) is 0 Å². The molecular weight excluding hydrogens is 504 g/mol. The van der Waals surface area contributed by atoms with Crippen LogP contribution in [0.4, 0.5) is 0 Å². The highest BCUT2D eigenvalue weighted by atomic mass is 35.5. The maximum Gasteiger partial charge on any atom is 0.255 e. The third-order valence-corrected chi connectivity index (χ3v) is 9.45. The number of amides is 1. The molecule has 37 heavy (non-hydrogen) atoms. The van der Waals surface area contributed by atoms with E-state index >= 15 is 0 Å². The largest absolute Gasteiger partial charge is 0.334 e. The van der Waals surface area contributed by atoms with Crippen molar-refractivity contribution in [2.45, 2.75) is 66.0 Å². The zero-order valence-electron chi connectivity index (χ0n) is 21.9. The number of thiophene rings is 1. The lowest BCUT2D eigenvalue weighted by Gasteiger charge is -2.31. The Kier molecular flexibility index (Phi) is 7.84. The van der Waals surface area contributed by atoms with Gasteiger partial charge in [-0.1, -0.05) is 11.6 Å². The number of hydrogen-bond acceptors (Lipinski definition) is 5. The molecule has 3 aromatic rings. The number of fused-ring (bicyclic) bond motifs is 1. The van der Waals surface area contributed by atoms with Crippen LogP contribution in [0.3, 0.4) is 0 Å². The monoisotopic (exact) mass is 538 g/mol. The number of likely N-dealkylation sites (tertiary alicyclic amines) is 1. The normalized spacial score (nSPS) is 17.2. The second kappa shape index (κ2) is 11.1. The number of aryl methyl sites for hydroxylation is 3. The number of piperidine rings is 1. The maximum atomic E-state index is 13.7. The molecule has 1 fully saturated rings. The van der Waals surface area contributed by atoms with E-state index in [4.69, 9.17) is 11.6 Å². The third kappa shape index (κ3) is 5.84. The van der Waals surface area contributed by atoms with E-state index in [-0.39, 0.29) is 11.5 Å². The first kappa shape index (κ1) is 26.1. The second-order valence-corrected chi connectivity index (χ2v) is 12.2. The molecule has 1 N–H and O–H groups in total. The van der Waals surface area contributed by atoms with Gasteiger partial charge in [0.15, 0.2) is 0 Å². The standard InChI is InChI=1S/C29H35ClN4O2S/c1-18-13-19(2)32-28(35)24(18)17-34-10-4-5-25-27(29(34)36)20(3)26(37-25)14-21-8-11-33(12-9-21)16-23-7-6-22(30)15-31-23/h6-7,13,15,21H,4-5,8-12,14,16-17H2,1-3H3,(H,32,35). The Morgan fingerprint density at radius 1 is 1.11 bits per heavy atom. The molecule has 5 rings (SSSR count). The average Bonchev–Trinajstić information content (AvgIpc) is 3.07. The zero-order valence-corrected chi connectivity index (χ0v) is 23.5. The first-order chi connectivity index (χ1) is 17.8. The Bertz CT molecular complexity index is 1340. The summed E-state index contributed by atoms with van der Waals surface area (Å²) in [6.07, 6.45) is 6.93. The minimum Gasteiger partial charge on any atom is -0.334 e. The van der Waals surface area contributed by atoms with Crippen LogP contribution in [0.5, 0.6) is 0 Å². The molecule has 2 aliphatic heterocycles. The van der Waals surface area contributed by atoms with Crippen LogP contribution < -0.4 is 5.56 Å². The van der Waals surface area contributed by atoms with E-state index in [1.807, 2.05) is 48.3 Å². The first-order valence-electron chi connectivity index (χ1n) is 13.2. The third-order valence-electron chi connectivity index (χ3n) is 7.85. The lowest BCUT2D eigenvalue weighted by Crippen LogP contribution is -2.34. The van der Waals surface area contributed by atoms with Crippen LogP contribution in [0.1, 0.15) is 67.5 Å². The molecule has 0 radical (unpaired) electrons. The fourth-order valence-corrected chi connectivity index (χ4v) is 7.30. The van der Waals surface area contributed by atoms with Gasteiger partial charge in [0.25, 0.3) is 11.5 Å². The number of pyridine rings is 2. The molecule has 196 valence electrons. The number of rotatable bonds is 6. The van der Waals surface area contributed by atoms with Crippen molar-refractivity contribution < 1.29 is 4.79 Å². The number of nitrogens with zero attached hydrogens (tertiary/aromatic N) is 3. The summed E-state index contributed by atoms with van der Waals surface area (Å²) < 4.78 is 0. The van der Waals surface area contributed by atoms with Crippen molar-refractivity contribution in [3.63, 3.8) is 0 Å². The van der Waals surface area contributed by atoms with Gasteiger partial charge in [0.05, 0.1) is 22.8 Å². The Labute approximate surface area is 227 Å². The summed E-state index contributed by atoms with van der Waals surface area (Å²) in [7, 11) is 0. The van der Waals surface area contributed by atoms with Gasteiger partial charge in [-0.05, 0) is 101 Å². The van der Waals surface area contributed by atoms with Gasteiger partial charge in [-0.2, -0.15) is 0 Å². The molecule has 0 bridgehead atoms. The molecule has 1 saturated heterocycles. The van der Waals surface area contributed by atoms with Crippen molar-refractivity contribution in [2.75, 3.05) is 19.6 Å². The number of nitrogens with one attached hydrogen (secondary N) is 1. The van der Waals surface area contributed by atoms with Crippen LogP contribution in [0.25, 0.3) is 0 Å². The van der Waals surface area contributed by atoms with Crippen molar-refractivity contribution in [3.8, 4) is 0 Å². The molecule has 0 spiro atoms. The maximum absolute atomic E-state index is 13.7. The minimum atomic E-state index is -0.0873. The Hall–Kier alpha value is -2.48. The van der Waals surface area contributed by atoms with Crippen LogP contribution in [0.15, 0.2) is 29.2 Å². The van der Waals surface area contributed by atoms with Gasteiger partial charge >= 0.3 is 0 Å². The smallest absolute Gasteiger partial charge is 0.255 e. The van der Waals surface area contributed by atoms with Gasteiger partial charge in [-0.25, -0.2) is 0 Å². The fourth-order valence-electron chi connectivity index (χ4n) is 5.73. The highest BCUT2D eigenvalue weighted by molar-refractivity contribution is 7.12. The number of aromatic nitrogens is 2. The molecule has 0 aliphatic carbocycles. The van der Waals surface area contributed by atoms with Crippen LogP contribution in [-0.2, 0) is 25.9 Å². The molecule has 1 amide bonds. The molecule has 2 aliphatic rings. The summed E-state index contributed by atoms with van der Waals surface area (Å²) in [4.78, 5) is 40.6. The average molecular weight is 539 g/mol. The fraction of sp³-hybridized carbons (Fsp3) is 0.483. The van der Waals surface area contributed by atoms with Gasteiger partial charge in [-0.3, -0.25) is 19.5 Å². The van der Waals surface area contributed by atoms with Crippen LogP contribution in [0.2, 0.25) is 5.02 Å².